The van der Waals surface area contributed by atoms with Gasteiger partial charge in [0.05, 0.1) is 67.2 Å². The second-order valence-corrected chi connectivity index (χ2v) is 15.6. The minimum atomic E-state index is -1.75. The van der Waals surface area contributed by atoms with Crippen LogP contribution in [0.15, 0.2) is 84.9 Å². The third-order valence-electron chi connectivity index (χ3n) is 10.4. The summed E-state index contributed by atoms with van der Waals surface area (Å²) in [7, 11) is 0. The molecule has 2 amide bonds. The standard InChI is InChI=1S/C47H36N4O20/c1-18(35(52)23-12-31(43(64)65)33(45(68)69)15-27(23)39(56)57)48-19-4-6-20(7-5-19)49-37(54)25-13-24(28(40(58)59)16-29(25)41(60)61)36(53)47(2,3)51-22-10-8-21(9-11-22)50-38(55)26-14-32(44(66)67)34(46(70)71)17-30(26)42(62)63/h4-18,48,51H,1-3H3,(H,49,54)(H,50,55)(H,56,57)(H,58,59)(H,60,61)(H,62,63)(H,64,65)(H,66,67)(H,68,69)(H,70,71). The topological polar surface area (TPSA) is 415 Å². The third-order valence-corrected chi connectivity index (χ3v) is 10.4. The number of ketones is 2. The van der Waals surface area contributed by atoms with Crippen LogP contribution in [0, 0.1) is 0 Å². The van der Waals surface area contributed by atoms with Crippen LogP contribution in [-0.2, 0) is 0 Å². The van der Waals surface area contributed by atoms with E-state index in [0.717, 1.165) is 6.07 Å². The van der Waals surface area contributed by atoms with E-state index in [2.05, 4.69) is 21.3 Å². The number of rotatable bonds is 20. The van der Waals surface area contributed by atoms with Gasteiger partial charge < -0.3 is 62.1 Å². The quantitative estimate of drug-likeness (QED) is 0.0426. The number of anilines is 4. The van der Waals surface area contributed by atoms with Crippen LogP contribution in [0.4, 0.5) is 22.7 Å². The molecule has 12 N–H and O–H groups in total. The number of nitrogens with one attached hydrogen (secondary N) is 4. The van der Waals surface area contributed by atoms with E-state index < -0.39 is 149 Å². The molecule has 24 nitrogen and oxygen atoms in total. The van der Waals surface area contributed by atoms with E-state index in [0.29, 0.717) is 30.3 Å². The minimum absolute atomic E-state index is 0.0135. The van der Waals surface area contributed by atoms with Gasteiger partial charge in [0, 0.05) is 33.9 Å². The van der Waals surface area contributed by atoms with Crippen LogP contribution in [0.2, 0.25) is 0 Å². The number of carboxylic acid groups (broad SMARTS) is 8. The third kappa shape index (κ3) is 11.3. The molecule has 24 heteroatoms. The van der Waals surface area contributed by atoms with Crippen LogP contribution >= 0.6 is 0 Å². The van der Waals surface area contributed by atoms with Crippen LogP contribution in [0.3, 0.4) is 0 Å². The molecule has 0 aliphatic rings. The van der Waals surface area contributed by atoms with Gasteiger partial charge in [0.15, 0.2) is 11.6 Å². The van der Waals surface area contributed by atoms with Crippen LogP contribution < -0.4 is 21.3 Å². The molecule has 364 valence electrons. The molecule has 1 atom stereocenters. The number of hydrogen-bond acceptors (Lipinski definition) is 14. The average Bonchev–Trinajstić information content (AvgIpc) is 3.30. The smallest absolute Gasteiger partial charge is 0.336 e. The Morgan fingerprint density at radius 1 is 0.366 bits per heavy atom. The fourth-order valence-corrected chi connectivity index (χ4v) is 6.97. The molecule has 71 heavy (non-hydrogen) atoms. The first-order valence-corrected chi connectivity index (χ1v) is 20.0. The highest BCUT2D eigenvalue weighted by molar-refractivity contribution is 6.18. The highest BCUT2D eigenvalue weighted by atomic mass is 16.4. The summed E-state index contributed by atoms with van der Waals surface area (Å²) in [4.78, 5) is 149. The number of carbonyl (C=O) groups excluding carboxylic acids is 4. The highest BCUT2D eigenvalue weighted by Crippen LogP contribution is 2.28. The average molecular weight is 977 g/mol. The Morgan fingerprint density at radius 3 is 0.972 bits per heavy atom. The Morgan fingerprint density at radius 2 is 0.620 bits per heavy atom. The van der Waals surface area contributed by atoms with Crippen molar-refractivity contribution in [3.8, 4) is 0 Å². The molecule has 5 aromatic rings. The van der Waals surface area contributed by atoms with E-state index in [1.165, 1.54) is 69.3 Å². The van der Waals surface area contributed by atoms with E-state index in [1.807, 2.05) is 0 Å². The molecule has 0 radical (unpaired) electrons. The van der Waals surface area contributed by atoms with E-state index in [-0.39, 0.29) is 22.7 Å². The number of carboxylic acids is 8. The molecule has 5 aromatic carbocycles. The molecule has 0 bridgehead atoms. The van der Waals surface area contributed by atoms with E-state index in [4.69, 9.17) is 0 Å². The van der Waals surface area contributed by atoms with E-state index in [9.17, 15) is 98.4 Å². The van der Waals surface area contributed by atoms with Crippen molar-refractivity contribution in [3.05, 3.63) is 152 Å². The van der Waals surface area contributed by atoms with Gasteiger partial charge in [-0.05, 0) is 106 Å². The van der Waals surface area contributed by atoms with Crippen LogP contribution in [0.5, 0.6) is 0 Å². The molecule has 0 aliphatic carbocycles. The van der Waals surface area contributed by atoms with Crippen LogP contribution in [-0.4, -0.2) is 124 Å². The van der Waals surface area contributed by atoms with Gasteiger partial charge >= 0.3 is 47.8 Å². The van der Waals surface area contributed by atoms with Gasteiger partial charge in [-0.3, -0.25) is 19.2 Å². The summed E-state index contributed by atoms with van der Waals surface area (Å²) in [5, 5.41) is 87.5. The van der Waals surface area contributed by atoms with Gasteiger partial charge in [0.2, 0.25) is 0 Å². The van der Waals surface area contributed by atoms with Crippen molar-refractivity contribution < 1.29 is 98.4 Å². The van der Waals surface area contributed by atoms with Crippen molar-refractivity contribution in [2.75, 3.05) is 21.3 Å². The first-order chi connectivity index (χ1) is 33.1. The van der Waals surface area contributed by atoms with E-state index >= 15 is 0 Å². The molecule has 0 saturated heterocycles. The number of Topliss-reactive ketones (excluding diaryl/α,β-unsaturated/α-hetero) is 2. The summed E-state index contributed by atoms with van der Waals surface area (Å²) in [5.74, 6) is -18.0. The maximum absolute atomic E-state index is 14.1. The summed E-state index contributed by atoms with van der Waals surface area (Å²) in [6, 6.07) is 12.9. The second-order valence-electron chi connectivity index (χ2n) is 15.6. The maximum Gasteiger partial charge on any atom is 0.336 e. The predicted molar refractivity (Wildman–Crippen MR) is 243 cm³/mol. The zero-order valence-corrected chi connectivity index (χ0v) is 36.6. The van der Waals surface area contributed by atoms with Gasteiger partial charge in [0.25, 0.3) is 11.8 Å². The lowest BCUT2D eigenvalue weighted by molar-refractivity contribution is 0.0648. The van der Waals surface area contributed by atoms with Gasteiger partial charge in [0.1, 0.15) is 0 Å². The molecule has 1 unspecified atom stereocenters. The number of benzene rings is 5. The minimum Gasteiger partial charge on any atom is -0.478 e. The Balaban J connectivity index is 1.35. The molecule has 0 heterocycles. The van der Waals surface area contributed by atoms with Gasteiger partial charge in [-0.15, -0.1) is 0 Å². The summed E-state index contributed by atoms with van der Waals surface area (Å²) in [6.45, 7) is 3.95. The van der Waals surface area contributed by atoms with Crippen molar-refractivity contribution in [2.24, 2.45) is 0 Å². The van der Waals surface area contributed by atoms with E-state index in [1.54, 1.807) is 0 Å². The number of carbonyl (C=O) groups is 12. The largest absolute Gasteiger partial charge is 0.478 e. The molecule has 0 fully saturated rings. The zero-order valence-electron chi connectivity index (χ0n) is 36.6. The Bertz CT molecular complexity index is 3180. The number of aromatic carboxylic acids is 8. The first kappa shape index (κ1) is 51.7. The normalized spacial score (nSPS) is 11.3. The maximum atomic E-state index is 14.1. The lowest BCUT2D eigenvalue weighted by atomic mass is 9.87. The Kier molecular flexibility index (Phi) is 14.8. The molecule has 0 aliphatic heterocycles. The fourth-order valence-electron chi connectivity index (χ4n) is 6.97. The van der Waals surface area contributed by atoms with Crippen molar-refractivity contribution >= 4 is 93.9 Å². The SMILES string of the molecule is CC(Nc1ccc(NC(=O)c2cc(C(=O)C(C)(C)Nc3ccc(NC(=O)c4cc(C(=O)O)c(C(=O)O)cc4C(=O)O)cc3)c(C(=O)O)cc2C(=O)O)cc1)C(=O)c1cc(C(=O)O)c(C(=O)O)cc1C(=O)O. The van der Waals surface area contributed by atoms with Crippen LogP contribution in [0.1, 0.15) is 145 Å². The van der Waals surface area contributed by atoms with Crippen molar-refractivity contribution in [1.82, 2.24) is 0 Å². The summed E-state index contributed by atoms with van der Waals surface area (Å²) in [6.07, 6.45) is 0. The highest BCUT2D eigenvalue weighted by Gasteiger charge is 2.35. The second kappa shape index (κ2) is 20.3. The van der Waals surface area contributed by atoms with Crippen LogP contribution in [0.25, 0.3) is 0 Å². The Labute approximate surface area is 396 Å². The number of hydrogen-bond donors (Lipinski definition) is 12. The molecular weight excluding hydrogens is 941 g/mol. The van der Waals surface area contributed by atoms with Gasteiger partial charge in [-0.25, -0.2) is 38.4 Å². The molecule has 0 saturated carbocycles. The Hall–Kier alpha value is -10.3. The molecule has 5 rings (SSSR count). The van der Waals surface area contributed by atoms with Gasteiger partial charge in [-0.1, -0.05) is 0 Å². The molecular formula is C47H36N4O20. The molecule has 0 aromatic heterocycles. The van der Waals surface area contributed by atoms with Crippen molar-refractivity contribution in [1.29, 1.82) is 0 Å². The number of amides is 2. The predicted octanol–water partition coefficient (Wildman–Crippen LogP) is 5.53. The summed E-state index contributed by atoms with van der Waals surface area (Å²) >= 11 is 0. The van der Waals surface area contributed by atoms with Gasteiger partial charge in [-0.2, -0.15) is 0 Å². The summed E-state index contributed by atoms with van der Waals surface area (Å²) in [5.41, 5.74) is -10.4. The summed E-state index contributed by atoms with van der Waals surface area (Å²) < 4.78 is 0. The fraction of sp³-hybridized carbons (Fsp3) is 0.106. The lowest BCUT2D eigenvalue weighted by Gasteiger charge is -2.27. The zero-order chi connectivity index (χ0) is 53.0. The first-order valence-electron chi connectivity index (χ1n) is 20.0. The van der Waals surface area contributed by atoms with Crippen molar-refractivity contribution in [2.45, 2.75) is 32.4 Å². The van der Waals surface area contributed by atoms with Crippen molar-refractivity contribution in [3.63, 3.8) is 0 Å². The lowest BCUT2D eigenvalue weighted by Crippen LogP contribution is -2.41. The molecule has 0 spiro atoms. The monoisotopic (exact) mass is 976 g/mol.